The van der Waals surface area contributed by atoms with Crippen LogP contribution in [-0.4, -0.2) is 37.2 Å². The van der Waals surface area contributed by atoms with Gasteiger partial charge in [-0.05, 0) is 89.9 Å². The molecule has 0 aromatic rings. The van der Waals surface area contributed by atoms with Crippen molar-refractivity contribution in [3.05, 3.63) is 72.9 Å². The fourth-order valence-corrected chi connectivity index (χ4v) is 6.87. The number of carbonyl (C=O) groups excluding carboxylic acids is 3. The zero-order valence-electron chi connectivity index (χ0n) is 39.9. The third-order valence-corrected chi connectivity index (χ3v) is 10.7. The quantitative estimate of drug-likeness (QED) is 0.0263. The molecule has 6 nitrogen and oxygen atoms in total. The van der Waals surface area contributed by atoms with Crippen molar-refractivity contribution in [1.29, 1.82) is 0 Å². The number of hydrogen-bond acceptors (Lipinski definition) is 6. The van der Waals surface area contributed by atoms with E-state index in [4.69, 9.17) is 14.2 Å². The molecule has 0 aromatic heterocycles. The maximum Gasteiger partial charge on any atom is 0.306 e. The van der Waals surface area contributed by atoms with Gasteiger partial charge < -0.3 is 14.2 Å². The highest BCUT2D eigenvalue weighted by Crippen LogP contribution is 2.14. The molecule has 0 aliphatic carbocycles. The molecule has 350 valence electrons. The van der Waals surface area contributed by atoms with Gasteiger partial charge in [-0.3, -0.25) is 14.4 Å². The molecule has 0 saturated carbocycles. The predicted octanol–water partition coefficient (Wildman–Crippen LogP) is 16.6. The first-order valence-electron chi connectivity index (χ1n) is 25.4. The summed E-state index contributed by atoms with van der Waals surface area (Å²) in [7, 11) is 0. The number of allylic oxidation sites excluding steroid dienone is 12. The lowest BCUT2D eigenvalue weighted by Crippen LogP contribution is -2.30. The van der Waals surface area contributed by atoms with Gasteiger partial charge in [0.1, 0.15) is 13.2 Å². The Bertz CT molecular complexity index is 1160. The Morgan fingerprint density at radius 3 is 1.07 bits per heavy atom. The zero-order chi connectivity index (χ0) is 44.4. The molecule has 0 aliphatic rings. The number of ether oxygens (including phenoxy) is 3. The van der Waals surface area contributed by atoms with Crippen molar-refractivity contribution >= 4 is 17.9 Å². The molecule has 0 aliphatic heterocycles. The van der Waals surface area contributed by atoms with Crippen molar-refractivity contribution in [3.8, 4) is 0 Å². The van der Waals surface area contributed by atoms with Gasteiger partial charge in [0.25, 0.3) is 0 Å². The van der Waals surface area contributed by atoms with Crippen LogP contribution < -0.4 is 0 Å². The van der Waals surface area contributed by atoms with Gasteiger partial charge >= 0.3 is 17.9 Å². The highest BCUT2D eigenvalue weighted by Gasteiger charge is 2.19. The molecule has 0 bridgehead atoms. The van der Waals surface area contributed by atoms with E-state index in [1.165, 1.54) is 89.9 Å². The van der Waals surface area contributed by atoms with Gasteiger partial charge in [-0.1, -0.05) is 203 Å². The average Bonchev–Trinajstić information content (AvgIpc) is 3.26. The third kappa shape index (κ3) is 47.7. The largest absolute Gasteiger partial charge is 0.462 e. The van der Waals surface area contributed by atoms with Crippen LogP contribution in [0.5, 0.6) is 0 Å². The molecule has 6 heteroatoms. The molecule has 0 unspecified atom stereocenters. The lowest BCUT2D eigenvalue weighted by Gasteiger charge is -2.18. The van der Waals surface area contributed by atoms with Crippen LogP contribution in [0, 0.1) is 0 Å². The van der Waals surface area contributed by atoms with E-state index in [0.29, 0.717) is 19.3 Å². The van der Waals surface area contributed by atoms with Crippen LogP contribution in [-0.2, 0) is 28.6 Å². The summed E-state index contributed by atoms with van der Waals surface area (Å²) in [5, 5.41) is 0. The summed E-state index contributed by atoms with van der Waals surface area (Å²) in [6.45, 7) is 6.45. The molecular formula is C55H94O6. The SMILES string of the molecule is CC/C=C\C/C=C\C/C=C\CCCCCCCC(=O)OC[C@H](COC(=O)CCCCCCCCCCCCCCC)OC(=O)CCCC/C=C\C/C=C\C/C=C\CCCCC. The van der Waals surface area contributed by atoms with Crippen LogP contribution in [0.25, 0.3) is 0 Å². The highest BCUT2D eigenvalue weighted by atomic mass is 16.6. The molecule has 0 amide bonds. The molecule has 0 aromatic carbocycles. The van der Waals surface area contributed by atoms with Crippen LogP contribution in [0.2, 0.25) is 0 Å². The van der Waals surface area contributed by atoms with Crippen LogP contribution in [0.1, 0.15) is 239 Å². The maximum absolute atomic E-state index is 12.8. The summed E-state index contributed by atoms with van der Waals surface area (Å²) >= 11 is 0. The third-order valence-electron chi connectivity index (χ3n) is 10.7. The van der Waals surface area contributed by atoms with E-state index >= 15 is 0 Å². The van der Waals surface area contributed by atoms with Crippen LogP contribution >= 0.6 is 0 Å². The summed E-state index contributed by atoms with van der Waals surface area (Å²) in [6.07, 6.45) is 61.7. The van der Waals surface area contributed by atoms with Gasteiger partial charge in [0.2, 0.25) is 0 Å². The van der Waals surface area contributed by atoms with Crippen LogP contribution in [0.15, 0.2) is 72.9 Å². The van der Waals surface area contributed by atoms with Crippen molar-refractivity contribution in [2.45, 2.75) is 245 Å². The fraction of sp³-hybridized carbons (Fsp3) is 0.727. The molecule has 61 heavy (non-hydrogen) atoms. The standard InChI is InChI=1S/C55H94O6/c1-4-7-10-13-16-19-22-25-27-30-33-36-39-42-45-48-54(57)60-51-52(50-59-53(56)47-44-41-38-35-32-29-24-21-18-15-12-9-6-3)61-55(58)49-46-43-40-37-34-31-28-26-23-20-17-14-11-8-5-2/h7,10,16-17,19-20,25-28,34,37,52H,4-6,8-9,11-15,18,21-24,29-33,35-36,38-51H2,1-3H3/b10-7-,19-16-,20-17-,27-25-,28-26-,37-34-/t52-/m0/s1. The molecule has 0 rings (SSSR count). The molecule has 0 spiro atoms. The first-order chi connectivity index (χ1) is 30.0. The van der Waals surface area contributed by atoms with Gasteiger partial charge in [0, 0.05) is 19.3 Å². The van der Waals surface area contributed by atoms with Crippen LogP contribution in [0.4, 0.5) is 0 Å². The van der Waals surface area contributed by atoms with Crippen LogP contribution in [0.3, 0.4) is 0 Å². The summed E-state index contributed by atoms with van der Waals surface area (Å²) < 4.78 is 16.7. The van der Waals surface area contributed by atoms with Gasteiger partial charge in [-0.15, -0.1) is 0 Å². The molecular weight excluding hydrogens is 757 g/mol. The van der Waals surface area contributed by atoms with E-state index in [-0.39, 0.29) is 37.5 Å². The molecule has 0 fully saturated rings. The summed E-state index contributed by atoms with van der Waals surface area (Å²) in [5.74, 6) is -0.950. The Morgan fingerprint density at radius 2 is 0.639 bits per heavy atom. The number of carbonyl (C=O) groups is 3. The molecule has 1 atom stereocenters. The van der Waals surface area contributed by atoms with Gasteiger partial charge in [-0.25, -0.2) is 0 Å². The Hall–Kier alpha value is -3.15. The average molecular weight is 851 g/mol. The van der Waals surface area contributed by atoms with Crippen molar-refractivity contribution in [1.82, 2.24) is 0 Å². The Labute approximate surface area is 376 Å². The second-order valence-corrected chi connectivity index (χ2v) is 16.7. The topological polar surface area (TPSA) is 78.9 Å². The van der Waals surface area contributed by atoms with Crippen molar-refractivity contribution in [2.75, 3.05) is 13.2 Å². The Morgan fingerprint density at radius 1 is 0.344 bits per heavy atom. The van der Waals surface area contributed by atoms with E-state index in [1.807, 2.05) is 0 Å². The summed E-state index contributed by atoms with van der Waals surface area (Å²) in [6, 6.07) is 0. The second kappa shape index (κ2) is 49.5. The zero-order valence-corrected chi connectivity index (χ0v) is 39.9. The first kappa shape index (κ1) is 57.9. The lowest BCUT2D eigenvalue weighted by atomic mass is 10.0. The minimum absolute atomic E-state index is 0.0950. The number of hydrogen-bond donors (Lipinski definition) is 0. The summed E-state index contributed by atoms with van der Waals surface area (Å²) in [4.78, 5) is 37.9. The molecule has 0 saturated heterocycles. The van der Waals surface area contributed by atoms with Crippen molar-refractivity contribution < 1.29 is 28.6 Å². The van der Waals surface area contributed by atoms with Crippen molar-refractivity contribution in [2.24, 2.45) is 0 Å². The number of esters is 3. The van der Waals surface area contributed by atoms with Gasteiger partial charge in [0.05, 0.1) is 0 Å². The van der Waals surface area contributed by atoms with Gasteiger partial charge in [-0.2, -0.15) is 0 Å². The Balaban J connectivity index is 4.47. The predicted molar refractivity (Wildman–Crippen MR) is 261 cm³/mol. The number of rotatable bonds is 45. The summed E-state index contributed by atoms with van der Waals surface area (Å²) in [5.41, 5.74) is 0. The Kier molecular flexibility index (Phi) is 46.9. The first-order valence-corrected chi connectivity index (χ1v) is 25.4. The smallest absolute Gasteiger partial charge is 0.306 e. The minimum atomic E-state index is -0.800. The lowest BCUT2D eigenvalue weighted by molar-refractivity contribution is -0.167. The molecule has 0 N–H and O–H groups in total. The van der Waals surface area contributed by atoms with E-state index < -0.39 is 6.10 Å². The highest BCUT2D eigenvalue weighted by molar-refractivity contribution is 5.71. The normalized spacial score (nSPS) is 12.6. The van der Waals surface area contributed by atoms with Gasteiger partial charge in [0.15, 0.2) is 6.10 Å². The second-order valence-electron chi connectivity index (χ2n) is 16.7. The fourth-order valence-electron chi connectivity index (χ4n) is 6.87. The number of unbranched alkanes of at least 4 members (excludes halogenated alkanes) is 22. The maximum atomic E-state index is 12.8. The van der Waals surface area contributed by atoms with E-state index in [2.05, 4.69) is 93.7 Å². The van der Waals surface area contributed by atoms with E-state index in [1.54, 1.807) is 0 Å². The molecule has 0 radical (unpaired) electrons. The van der Waals surface area contributed by atoms with Crippen molar-refractivity contribution in [3.63, 3.8) is 0 Å². The van der Waals surface area contributed by atoms with E-state index in [9.17, 15) is 14.4 Å². The minimum Gasteiger partial charge on any atom is -0.462 e. The molecule has 0 heterocycles. The monoisotopic (exact) mass is 851 g/mol. The van der Waals surface area contributed by atoms with E-state index in [0.717, 1.165) is 103 Å².